The largest absolute Gasteiger partial charge is 0.367 e. The molecule has 1 heterocycles. The van der Waals surface area contributed by atoms with Crippen LogP contribution >= 0.6 is 11.3 Å². The fraction of sp³-hybridized carbons (Fsp3) is 0.143. The molecule has 23 heavy (non-hydrogen) atoms. The van der Waals surface area contributed by atoms with Gasteiger partial charge >= 0.3 is 0 Å². The number of carbonyl (C=O) groups is 3. The number of aryl methyl sites for hydroxylation is 1. The average Bonchev–Trinajstić information content (AvgIpc) is 2.86. The topological polar surface area (TPSA) is 128 Å². The molecule has 7 nitrogen and oxygen atoms in total. The first-order chi connectivity index (χ1) is 10.8. The molecule has 0 atom stereocenters. The molecule has 1 aromatic carbocycles. The van der Waals surface area contributed by atoms with E-state index in [2.05, 4.69) is 10.3 Å². The number of amides is 3. The van der Waals surface area contributed by atoms with Crippen LogP contribution in [0.4, 0.5) is 4.39 Å². The van der Waals surface area contributed by atoms with Crippen LogP contribution in [0.5, 0.6) is 0 Å². The second-order valence-corrected chi connectivity index (χ2v) is 5.65. The Morgan fingerprint density at radius 1 is 1.17 bits per heavy atom. The molecule has 0 bridgehead atoms. The van der Waals surface area contributed by atoms with Crippen molar-refractivity contribution < 1.29 is 18.8 Å². The lowest BCUT2D eigenvalue weighted by atomic mass is 10.2. The fourth-order valence-corrected chi connectivity index (χ4v) is 2.78. The Labute approximate surface area is 134 Å². The van der Waals surface area contributed by atoms with Crippen molar-refractivity contribution in [3.8, 4) is 10.6 Å². The number of hydrogen-bond acceptors (Lipinski definition) is 5. The van der Waals surface area contributed by atoms with Gasteiger partial charge in [-0.15, -0.1) is 11.3 Å². The summed E-state index contributed by atoms with van der Waals surface area (Å²) in [5, 5.41) is 2.67. The molecule has 0 unspecified atom stereocenters. The van der Waals surface area contributed by atoms with Gasteiger partial charge in [-0.1, -0.05) is 0 Å². The second kappa shape index (κ2) is 6.53. The molecule has 5 N–H and O–H groups in total. The highest BCUT2D eigenvalue weighted by atomic mass is 32.1. The number of nitrogens with zero attached hydrogens (tertiary/aromatic N) is 1. The standard InChI is InChI=1S/C14H13FN4O3S/c1-6-10(13(22)19-9(11(16)20)12(17)21)23-14(18-6)7-2-4-8(15)5-3-7/h2-5,9H,1H3,(H2,16,20)(H2,17,21)(H,19,22). The van der Waals surface area contributed by atoms with Gasteiger partial charge in [0.25, 0.3) is 5.91 Å². The Kier molecular flexibility index (Phi) is 4.70. The van der Waals surface area contributed by atoms with E-state index in [0.29, 0.717) is 16.3 Å². The summed E-state index contributed by atoms with van der Waals surface area (Å²) in [6.07, 6.45) is 0. The monoisotopic (exact) mass is 336 g/mol. The number of thiazole rings is 1. The summed E-state index contributed by atoms with van der Waals surface area (Å²) in [6.45, 7) is 1.60. The molecule has 9 heteroatoms. The smallest absolute Gasteiger partial charge is 0.264 e. The average molecular weight is 336 g/mol. The van der Waals surface area contributed by atoms with Crippen molar-refractivity contribution in [2.75, 3.05) is 0 Å². The highest BCUT2D eigenvalue weighted by Gasteiger charge is 2.26. The number of rotatable bonds is 5. The molecule has 120 valence electrons. The SMILES string of the molecule is Cc1nc(-c2ccc(F)cc2)sc1C(=O)NC(C(N)=O)C(N)=O. The third-order valence-corrected chi connectivity index (χ3v) is 4.14. The van der Waals surface area contributed by atoms with Gasteiger partial charge in [0.05, 0.1) is 5.69 Å². The maximum atomic E-state index is 12.9. The first-order valence-corrected chi connectivity index (χ1v) is 7.24. The molecule has 2 rings (SSSR count). The van der Waals surface area contributed by atoms with E-state index in [1.807, 2.05) is 0 Å². The number of halogens is 1. The summed E-state index contributed by atoms with van der Waals surface area (Å²) in [5.41, 5.74) is 11.1. The molecule has 0 spiro atoms. The molecule has 0 fully saturated rings. The van der Waals surface area contributed by atoms with Gasteiger partial charge in [0, 0.05) is 5.56 Å². The Balaban J connectivity index is 2.27. The minimum atomic E-state index is -1.60. The van der Waals surface area contributed by atoms with Gasteiger partial charge in [0.15, 0.2) is 6.04 Å². The Morgan fingerprint density at radius 3 is 2.26 bits per heavy atom. The van der Waals surface area contributed by atoms with Crippen molar-refractivity contribution in [1.82, 2.24) is 10.3 Å². The van der Waals surface area contributed by atoms with E-state index in [0.717, 1.165) is 11.3 Å². The minimum absolute atomic E-state index is 0.205. The highest BCUT2D eigenvalue weighted by Crippen LogP contribution is 2.28. The zero-order chi connectivity index (χ0) is 17.1. The first-order valence-electron chi connectivity index (χ1n) is 6.42. The van der Waals surface area contributed by atoms with Crippen LogP contribution in [0.1, 0.15) is 15.4 Å². The quantitative estimate of drug-likeness (QED) is 0.679. The van der Waals surface area contributed by atoms with Crippen LogP contribution in [0.15, 0.2) is 24.3 Å². The van der Waals surface area contributed by atoms with E-state index in [1.165, 1.54) is 24.3 Å². The van der Waals surface area contributed by atoms with E-state index in [9.17, 15) is 18.8 Å². The van der Waals surface area contributed by atoms with Crippen LogP contribution in [0.3, 0.4) is 0 Å². The molecule has 0 saturated carbocycles. The van der Waals surface area contributed by atoms with Crippen molar-refractivity contribution in [3.63, 3.8) is 0 Å². The maximum Gasteiger partial charge on any atom is 0.264 e. The third kappa shape index (κ3) is 3.69. The van der Waals surface area contributed by atoms with Crippen LogP contribution in [-0.4, -0.2) is 28.7 Å². The highest BCUT2D eigenvalue weighted by molar-refractivity contribution is 7.17. The van der Waals surface area contributed by atoms with Crippen LogP contribution in [0, 0.1) is 12.7 Å². The summed E-state index contributed by atoms with van der Waals surface area (Å²) in [5.74, 6) is -3.17. The summed E-state index contributed by atoms with van der Waals surface area (Å²) >= 11 is 1.04. The van der Waals surface area contributed by atoms with E-state index in [1.54, 1.807) is 6.92 Å². The number of hydrogen-bond donors (Lipinski definition) is 3. The second-order valence-electron chi connectivity index (χ2n) is 4.65. The van der Waals surface area contributed by atoms with Crippen molar-refractivity contribution in [1.29, 1.82) is 0 Å². The summed E-state index contributed by atoms with van der Waals surface area (Å²) in [6, 6.07) is 4.03. The van der Waals surface area contributed by atoms with E-state index >= 15 is 0 Å². The number of benzene rings is 1. The lowest BCUT2D eigenvalue weighted by Gasteiger charge is -2.10. The van der Waals surface area contributed by atoms with Gasteiger partial charge in [-0.2, -0.15) is 0 Å². The van der Waals surface area contributed by atoms with E-state index in [4.69, 9.17) is 11.5 Å². The molecular formula is C14H13FN4O3S. The lowest BCUT2D eigenvalue weighted by Crippen LogP contribution is -2.52. The Morgan fingerprint density at radius 2 is 1.74 bits per heavy atom. The molecule has 2 aromatic rings. The normalized spacial score (nSPS) is 10.6. The summed E-state index contributed by atoms with van der Waals surface area (Å²) in [7, 11) is 0. The lowest BCUT2D eigenvalue weighted by molar-refractivity contribution is -0.128. The fourth-order valence-electron chi connectivity index (χ4n) is 1.80. The number of nitrogens with one attached hydrogen (secondary N) is 1. The predicted molar refractivity (Wildman–Crippen MR) is 81.9 cm³/mol. The van der Waals surface area contributed by atoms with Gasteiger partial charge in [-0.3, -0.25) is 14.4 Å². The molecule has 0 saturated heterocycles. The molecule has 0 radical (unpaired) electrons. The van der Waals surface area contributed by atoms with Gasteiger partial charge in [0.1, 0.15) is 15.7 Å². The van der Waals surface area contributed by atoms with Crippen molar-refractivity contribution in [2.24, 2.45) is 11.5 Å². The van der Waals surface area contributed by atoms with E-state index in [-0.39, 0.29) is 10.7 Å². The van der Waals surface area contributed by atoms with Crippen molar-refractivity contribution in [3.05, 3.63) is 40.7 Å². The van der Waals surface area contributed by atoms with Crippen molar-refractivity contribution >= 4 is 29.1 Å². The minimum Gasteiger partial charge on any atom is -0.367 e. The number of carbonyl (C=O) groups excluding carboxylic acids is 3. The number of primary amides is 2. The van der Waals surface area contributed by atoms with Gasteiger partial charge in [-0.25, -0.2) is 9.37 Å². The molecule has 0 aliphatic rings. The number of nitrogens with two attached hydrogens (primary N) is 2. The summed E-state index contributed by atoms with van der Waals surface area (Å²) < 4.78 is 12.9. The Hall–Kier alpha value is -2.81. The first kappa shape index (κ1) is 16.6. The van der Waals surface area contributed by atoms with Crippen LogP contribution < -0.4 is 16.8 Å². The van der Waals surface area contributed by atoms with Gasteiger partial charge in [0.2, 0.25) is 11.8 Å². The number of aromatic nitrogens is 1. The Bertz CT molecular complexity index is 759. The van der Waals surface area contributed by atoms with E-state index < -0.39 is 23.8 Å². The third-order valence-electron chi connectivity index (χ3n) is 2.94. The van der Waals surface area contributed by atoms with Crippen molar-refractivity contribution in [2.45, 2.75) is 13.0 Å². The van der Waals surface area contributed by atoms with Crippen LogP contribution in [0.25, 0.3) is 10.6 Å². The van der Waals surface area contributed by atoms with Crippen LogP contribution in [0.2, 0.25) is 0 Å². The summed E-state index contributed by atoms with van der Waals surface area (Å²) in [4.78, 5) is 38.8. The van der Waals surface area contributed by atoms with Gasteiger partial charge < -0.3 is 16.8 Å². The molecule has 1 aromatic heterocycles. The van der Waals surface area contributed by atoms with Crippen LogP contribution in [-0.2, 0) is 9.59 Å². The maximum absolute atomic E-state index is 12.9. The zero-order valence-corrected chi connectivity index (χ0v) is 12.8. The zero-order valence-electron chi connectivity index (χ0n) is 12.0. The molecule has 0 aliphatic carbocycles. The molecule has 0 aliphatic heterocycles. The van der Waals surface area contributed by atoms with Gasteiger partial charge in [-0.05, 0) is 31.2 Å². The predicted octanol–water partition coefficient (Wildman–Crippen LogP) is 0.327. The molecular weight excluding hydrogens is 323 g/mol. The molecule has 3 amide bonds.